The highest BCUT2D eigenvalue weighted by molar-refractivity contribution is 6.23. The van der Waals surface area contributed by atoms with Crippen LogP contribution in [0.4, 0.5) is 0 Å². The molecule has 0 aliphatic heterocycles. The second-order valence-corrected chi connectivity index (χ2v) is 4.13. The molecule has 4 aromatic rings. The van der Waals surface area contributed by atoms with Crippen molar-refractivity contribution in [3.63, 3.8) is 0 Å². The van der Waals surface area contributed by atoms with Gasteiger partial charge in [-0.3, -0.25) is 10.1 Å². The lowest BCUT2D eigenvalue weighted by atomic mass is 10.0. The highest BCUT2D eigenvalue weighted by atomic mass is 15.1. The van der Waals surface area contributed by atoms with E-state index in [1.807, 2.05) is 30.7 Å². The van der Waals surface area contributed by atoms with Gasteiger partial charge in [0.05, 0.1) is 11.7 Å². The Morgan fingerprint density at radius 1 is 0.765 bits per heavy atom. The van der Waals surface area contributed by atoms with Crippen LogP contribution in [0.15, 0.2) is 48.9 Å². The number of rotatable bonds is 0. The van der Waals surface area contributed by atoms with E-state index in [2.05, 4.69) is 33.4 Å². The molecule has 0 saturated heterocycles. The van der Waals surface area contributed by atoms with Crippen LogP contribution in [-0.2, 0) is 0 Å². The van der Waals surface area contributed by atoms with Gasteiger partial charge in [0.1, 0.15) is 0 Å². The number of nitrogens with zero attached hydrogens (tertiary/aromatic N) is 2. The van der Waals surface area contributed by atoms with E-state index in [9.17, 15) is 0 Å². The molecule has 4 rings (SSSR count). The molecule has 0 atom stereocenters. The summed E-state index contributed by atoms with van der Waals surface area (Å²) in [5, 5.41) is 13.2. The van der Waals surface area contributed by atoms with Gasteiger partial charge in [-0.1, -0.05) is 24.3 Å². The number of H-pyrrole nitrogens is 1. The molecule has 0 radical (unpaired) electrons. The molecule has 0 saturated carbocycles. The maximum Gasteiger partial charge on any atom is 0.0735 e. The Bertz CT molecular complexity index is 776. The number of aromatic amines is 1. The molecule has 0 aliphatic carbocycles. The Hall–Kier alpha value is -2.42. The third-order valence-corrected chi connectivity index (χ3v) is 3.24. The van der Waals surface area contributed by atoms with Crippen molar-refractivity contribution < 1.29 is 0 Å². The van der Waals surface area contributed by atoms with Gasteiger partial charge in [0.2, 0.25) is 0 Å². The molecule has 3 nitrogen and oxygen atoms in total. The van der Waals surface area contributed by atoms with Crippen LogP contribution < -0.4 is 0 Å². The van der Waals surface area contributed by atoms with Crippen molar-refractivity contribution in [2.45, 2.75) is 0 Å². The summed E-state index contributed by atoms with van der Waals surface area (Å²) in [5.74, 6) is 0. The Kier molecular flexibility index (Phi) is 1.56. The fourth-order valence-corrected chi connectivity index (χ4v) is 2.48. The summed E-state index contributed by atoms with van der Waals surface area (Å²) in [4.78, 5) is 4.22. The summed E-state index contributed by atoms with van der Waals surface area (Å²) in [6.45, 7) is 0. The molecule has 2 aromatic heterocycles. The smallest absolute Gasteiger partial charge is 0.0735 e. The highest BCUT2D eigenvalue weighted by Crippen LogP contribution is 2.32. The van der Waals surface area contributed by atoms with Gasteiger partial charge in [-0.15, -0.1) is 0 Å². The summed E-state index contributed by atoms with van der Waals surface area (Å²) in [5.41, 5.74) is 1.10. The first-order chi connectivity index (χ1) is 8.45. The van der Waals surface area contributed by atoms with Gasteiger partial charge in [0.15, 0.2) is 0 Å². The maximum absolute atomic E-state index is 4.22. The van der Waals surface area contributed by atoms with Crippen LogP contribution in [0, 0.1) is 0 Å². The van der Waals surface area contributed by atoms with Crippen molar-refractivity contribution in [2.24, 2.45) is 0 Å². The fourth-order valence-electron chi connectivity index (χ4n) is 2.48. The quantitative estimate of drug-likeness (QED) is 0.461. The van der Waals surface area contributed by atoms with Crippen LogP contribution in [0.3, 0.4) is 0 Å². The number of hydrogen-bond donors (Lipinski definition) is 1. The van der Waals surface area contributed by atoms with E-state index in [4.69, 9.17) is 0 Å². The van der Waals surface area contributed by atoms with E-state index < -0.39 is 0 Å². The third kappa shape index (κ3) is 1.05. The van der Waals surface area contributed by atoms with E-state index in [1.54, 1.807) is 0 Å². The van der Waals surface area contributed by atoms with Crippen molar-refractivity contribution in [1.82, 2.24) is 15.2 Å². The monoisotopic (exact) mass is 219 g/mol. The molecule has 0 amide bonds. The molecule has 0 spiro atoms. The van der Waals surface area contributed by atoms with Crippen LogP contribution in [0.5, 0.6) is 0 Å². The molecule has 3 heteroatoms. The molecule has 0 unspecified atom stereocenters. The van der Waals surface area contributed by atoms with Crippen LogP contribution in [0.25, 0.3) is 32.4 Å². The normalized spacial score (nSPS) is 11.5. The maximum atomic E-state index is 4.22. The zero-order chi connectivity index (χ0) is 11.2. The molecule has 2 aromatic carbocycles. The minimum absolute atomic E-state index is 1.10. The lowest BCUT2D eigenvalue weighted by Gasteiger charge is -2.05. The minimum Gasteiger partial charge on any atom is -0.277 e. The molecule has 2 heterocycles. The number of benzene rings is 2. The van der Waals surface area contributed by atoms with Gasteiger partial charge in [-0.05, 0) is 16.8 Å². The van der Waals surface area contributed by atoms with Gasteiger partial charge < -0.3 is 0 Å². The van der Waals surface area contributed by atoms with Crippen molar-refractivity contribution in [2.75, 3.05) is 0 Å². The van der Waals surface area contributed by atoms with E-state index in [0.29, 0.717) is 0 Å². The Morgan fingerprint density at radius 3 is 2.53 bits per heavy atom. The van der Waals surface area contributed by atoms with Crippen molar-refractivity contribution in [3.8, 4) is 0 Å². The zero-order valence-corrected chi connectivity index (χ0v) is 9.01. The molecular weight excluding hydrogens is 210 g/mol. The lowest BCUT2D eigenvalue weighted by molar-refractivity contribution is 1.12. The van der Waals surface area contributed by atoms with Gasteiger partial charge in [0, 0.05) is 28.6 Å². The molecule has 80 valence electrons. The lowest BCUT2D eigenvalue weighted by Crippen LogP contribution is -1.81. The number of pyridine rings is 1. The molecule has 17 heavy (non-hydrogen) atoms. The van der Waals surface area contributed by atoms with Crippen molar-refractivity contribution in [1.29, 1.82) is 0 Å². The van der Waals surface area contributed by atoms with Gasteiger partial charge in [-0.2, -0.15) is 5.10 Å². The average Bonchev–Trinajstić information content (AvgIpc) is 2.89. The van der Waals surface area contributed by atoms with E-state index in [1.165, 1.54) is 21.5 Å². The molecule has 0 fully saturated rings. The summed E-state index contributed by atoms with van der Waals surface area (Å²) < 4.78 is 0. The first kappa shape index (κ1) is 8.70. The SMILES string of the molecule is c1ccc2c(c1)c1cnccc1c1cn[nH]c21. The predicted molar refractivity (Wildman–Crippen MR) is 68.9 cm³/mol. The standard InChI is InChI=1S/C14H9N3/c1-2-4-11-9(3-1)12-7-15-6-5-10(12)13-8-16-17-14(11)13/h1-8H,(H,16,17). The molecule has 0 bridgehead atoms. The number of aromatic nitrogens is 3. The largest absolute Gasteiger partial charge is 0.277 e. The second-order valence-electron chi connectivity index (χ2n) is 4.13. The number of nitrogens with one attached hydrogen (secondary N) is 1. The summed E-state index contributed by atoms with van der Waals surface area (Å²) in [6.07, 6.45) is 5.62. The van der Waals surface area contributed by atoms with Crippen LogP contribution in [0.2, 0.25) is 0 Å². The Labute approximate surface area is 97.1 Å². The summed E-state index contributed by atoms with van der Waals surface area (Å²) >= 11 is 0. The second kappa shape index (κ2) is 3.04. The van der Waals surface area contributed by atoms with Crippen LogP contribution in [-0.4, -0.2) is 15.2 Å². The molecule has 0 aliphatic rings. The predicted octanol–water partition coefficient (Wildman–Crippen LogP) is 3.26. The van der Waals surface area contributed by atoms with Gasteiger partial charge in [-0.25, -0.2) is 0 Å². The van der Waals surface area contributed by atoms with Gasteiger partial charge in [0.25, 0.3) is 0 Å². The fraction of sp³-hybridized carbons (Fsp3) is 0. The third-order valence-electron chi connectivity index (χ3n) is 3.24. The summed E-state index contributed by atoms with van der Waals surface area (Å²) in [7, 11) is 0. The van der Waals surface area contributed by atoms with E-state index in [0.717, 1.165) is 10.9 Å². The number of hydrogen-bond acceptors (Lipinski definition) is 2. The summed E-state index contributed by atoms with van der Waals surface area (Å²) in [6, 6.07) is 10.4. The molecular formula is C14H9N3. The molecule has 1 N–H and O–H groups in total. The van der Waals surface area contributed by atoms with Crippen LogP contribution in [0.1, 0.15) is 0 Å². The number of fused-ring (bicyclic) bond motifs is 6. The van der Waals surface area contributed by atoms with E-state index >= 15 is 0 Å². The van der Waals surface area contributed by atoms with Crippen molar-refractivity contribution >= 4 is 32.4 Å². The highest BCUT2D eigenvalue weighted by Gasteiger charge is 2.08. The minimum atomic E-state index is 1.10. The first-order valence-electron chi connectivity index (χ1n) is 5.52. The van der Waals surface area contributed by atoms with Crippen LogP contribution >= 0.6 is 0 Å². The Balaban J connectivity index is 2.48. The van der Waals surface area contributed by atoms with E-state index in [-0.39, 0.29) is 0 Å². The topological polar surface area (TPSA) is 41.6 Å². The average molecular weight is 219 g/mol. The van der Waals surface area contributed by atoms with Gasteiger partial charge >= 0.3 is 0 Å². The zero-order valence-electron chi connectivity index (χ0n) is 9.01. The Morgan fingerprint density at radius 2 is 1.59 bits per heavy atom. The first-order valence-corrected chi connectivity index (χ1v) is 5.52. The van der Waals surface area contributed by atoms with Crippen molar-refractivity contribution in [3.05, 3.63) is 48.9 Å².